The molecule has 4 fully saturated rings. The maximum absolute atomic E-state index is 12.8. The molecule has 1 unspecified atom stereocenters. The minimum Gasteiger partial charge on any atom is -0.493 e. The number of hydrogen-bond acceptors (Lipinski definition) is 8. The van der Waals surface area contributed by atoms with Crippen molar-refractivity contribution in [3.63, 3.8) is 0 Å². The van der Waals surface area contributed by atoms with Crippen LogP contribution in [0.4, 0.5) is 0 Å². The van der Waals surface area contributed by atoms with E-state index in [1.54, 1.807) is 33.5 Å². The summed E-state index contributed by atoms with van der Waals surface area (Å²) >= 11 is 1.25. The van der Waals surface area contributed by atoms with Crippen LogP contribution >= 0.6 is 11.8 Å². The normalized spacial score (nSPS) is 27.9. The zero-order chi connectivity index (χ0) is 23.9. The van der Waals surface area contributed by atoms with E-state index in [0.29, 0.717) is 39.3 Å². The van der Waals surface area contributed by atoms with Gasteiger partial charge in [0, 0.05) is 11.6 Å². The first kappa shape index (κ1) is 23.3. The minimum atomic E-state index is 0.0146. The van der Waals surface area contributed by atoms with Gasteiger partial charge < -0.3 is 23.9 Å². The summed E-state index contributed by atoms with van der Waals surface area (Å²) in [6.07, 6.45) is 8.03. The lowest BCUT2D eigenvalue weighted by Gasteiger charge is -2.59. The average molecular weight is 488 g/mol. The van der Waals surface area contributed by atoms with Crippen molar-refractivity contribution in [1.29, 1.82) is 0 Å². The molecule has 1 N–H and O–H groups in total. The second-order valence-corrected chi connectivity index (χ2v) is 11.1. The number of benzene rings is 1. The molecule has 0 radical (unpaired) electrons. The van der Waals surface area contributed by atoms with Crippen molar-refractivity contribution < 1.29 is 23.4 Å². The highest BCUT2D eigenvalue weighted by Crippen LogP contribution is 2.61. The van der Waals surface area contributed by atoms with Crippen LogP contribution in [0.15, 0.2) is 21.8 Å². The lowest BCUT2D eigenvalue weighted by molar-refractivity contribution is -0.123. The molecule has 0 aliphatic heterocycles. The van der Waals surface area contributed by atoms with Crippen LogP contribution in [-0.2, 0) is 4.79 Å². The Bertz CT molecular complexity index is 995. The van der Waals surface area contributed by atoms with Crippen molar-refractivity contribution in [2.45, 2.75) is 56.7 Å². The second-order valence-electron chi connectivity index (χ2n) is 10.1. The Morgan fingerprint density at radius 2 is 1.65 bits per heavy atom. The second kappa shape index (κ2) is 9.32. The topological polar surface area (TPSA) is 95.7 Å². The lowest BCUT2D eigenvalue weighted by atomic mass is 9.48. The molecule has 0 saturated heterocycles. The van der Waals surface area contributed by atoms with Gasteiger partial charge in [0.15, 0.2) is 11.5 Å². The van der Waals surface area contributed by atoms with Crippen LogP contribution in [0.5, 0.6) is 17.2 Å². The van der Waals surface area contributed by atoms with Gasteiger partial charge in [0.25, 0.3) is 5.22 Å². The van der Waals surface area contributed by atoms with Crippen LogP contribution in [0.25, 0.3) is 11.5 Å². The number of ether oxygens (including phenoxy) is 3. The first-order valence-electron chi connectivity index (χ1n) is 12.0. The summed E-state index contributed by atoms with van der Waals surface area (Å²) in [5.41, 5.74) is 0.938. The Kier molecular flexibility index (Phi) is 6.39. The number of aromatic nitrogens is 2. The number of carbonyl (C=O) groups is 1. The van der Waals surface area contributed by atoms with Crippen molar-refractivity contribution in [1.82, 2.24) is 15.5 Å². The van der Waals surface area contributed by atoms with Gasteiger partial charge in [-0.05, 0) is 80.8 Å². The molecule has 8 nitrogen and oxygen atoms in total. The fourth-order valence-corrected chi connectivity index (χ4v) is 7.44. The molecule has 9 heteroatoms. The summed E-state index contributed by atoms with van der Waals surface area (Å²) < 4.78 is 22.0. The van der Waals surface area contributed by atoms with Gasteiger partial charge in [-0.2, -0.15) is 0 Å². The molecule has 1 atom stereocenters. The van der Waals surface area contributed by atoms with E-state index < -0.39 is 0 Å². The molecule has 34 heavy (non-hydrogen) atoms. The monoisotopic (exact) mass is 487 g/mol. The van der Waals surface area contributed by atoms with Crippen molar-refractivity contribution in [3.05, 3.63) is 12.1 Å². The predicted molar refractivity (Wildman–Crippen MR) is 128 cm³/mol. The Morgan fingerprint density at radius 1 is 1.06 bits per heavy atom. The Balaban J connectivity index is 1.20. The average Bonchev–Trinajstić information content (AvgIpc) is 3.30. The highest BCUT2D eigenvalue weighted by atomic mass is 32.2. The number of nitrogens with zero attached hydrogens (tertiary/aromatic N) is 2. The smallest absolute Gasteiger partial charge is 0.277 e. The molecule has 1 heterocycles. The number of carbonyl (C=O) groups excluding carboxylic acids is 1. The van der Waals surface area contributed by atoms with Gasteiger partial charge >= 0.3 is 0 Å². The third-order valence-corrected chi connectivity index (χ3v) is 8.84. The molecule has 1 amide bonds. The number of methoxy groups -OCH3 is 3. The van der Waals surface area contributed by atoms with E-state index >= 15 is 0 Å². The summed E-state index contributed by atoms with van der Waals surface area (Å²) in [5, 5.41) is 11.9. The maximum Gasteiger partial charge on any atom is 0.277 e. The SMILES string of the molecule is COc1cc(-c2nnc(SCC(=O)NC(C)C34CC5CC(CC(C5)C3)C4)o2)cc(OC)c1OC. The molecule has 4 bridgehead atoms. The van der Waals surface area contributed by atoms with Crippen molar-refractivity contribution >= 4 is 17.7 Å². The van der Waals surface area contributed by atoms with E-state index in [-0.39, 0.29) is 17.7 Å². The fourth-order valence-electron chi connectivity index (χ4n) is 6.86. The van der Waals surface area contributed by atoms with E-state index in [0.717, 1.165) is 17.8 Å². The Hall–Kier alpha value is -2.42. The van der Waals surface area contributed by atoms with Gasteiger partial charge in [-0.3, -0.25) is 4.79 Å². The first-order valence-corrected chi connectivity index (χ1v) is 13.0. The van der Waals surface area contributed by atoms with Crippen molar-refractivity contribution in [2.24, 2.45) is 23.2 Å². The van der Waals surface area contributed by atoms with Crippen molar-refractivity contribution in [3.8, 4) is 28.7 Å². The van der Waals surface area contributed by atoms with E-state index in [4.69, 9.17) is 18.6 Å². The van der Waals surface area contributed by atoms with Crippen LogP contribution in [-0.4, -0.2) is 49.2 Å². The Morgan fingerprint density at radius 3 is 2.18 bits per heavy atom. The van der Waals surface area contributed by atoms with Crippen LogP contribution in [0.3, 0.4) is 0 Å². The zero-order valence-corrected chi connectivity index (χ0v) is 21.1. The summed E-state index contributed by atoms with van der Waals surface area (Å²) in [6.45, 7) is 2.20. The third kappa shape index (κ3) is 4.34. The molecule has 4 aliphatic rings. The van der Waals surface area contributed by atoms with E-state index in [1.807, 2.05) is 0 Å². The van der Waals surface area contributed by atoms with E-state index in [1.165, 1.54) is 50.3 Å². The van der Waals surface area contributed by atoms with Crippen LogP contribution < -0.4 is 19.5 Å². The fraction of sp³-hybridized carbons (Fsp3) is 0.640. The van der Waals surface area contributed by atoms with Crippen LogP contribution in [0.1, 0.15) is 45.4 Å². The summed E-state index contributed by atoms with van der Waals surface area (Å²) in [4.78, 5) is 12.8. The summed E-state index contributed by atoms with van der Waals surface area (Å²) in [6, 6.07) is 3.71. The van der Waals surface area contributed by atoms with Crippen molar-refractivity contribution in [2.75, 3.05) is 27.1 Å². The summed E-state index contributed by atoms with van der Waals surface area (Å²) in [5.74, 6) is 4.68. The predicted octanol–water partition coefficient (Wildman–Crippen LogP) is 4.58. The van der Waals surface area contributed by atoms with Crippen LogP contribution in [0, 0.1) is 23.2 Å². The molecule has 0 spiro atoms. The minimum absolute atomic E-state index is 0.0146. The van der Waals surface area contributed by atoms with Gasteiger partial charge in [0.2, 0.25) is 17.5 Å². The molecule has 2 aromatic rings. The number of rotatable bonds is 9. The highest BCUT2D eigenvalue weighted by Gasteiger charge is 2.53. The van der Waals surface area contributed by atoms with Gasteiger partial charge in [-0.25, -0.2) is 0 Å². The van der Waals surface area contributed by atoms with Gasteiger partial charge in [0.1, 0.15) is 0 Å². The first-order chi connectivity index (χ1) is 16.4. The number of hydrogen-bond donors (Lipinski definition) is 1. The van der Waals surface area contributed by atoms with Gasteiger partial charge in [-0.1, -0.05) is 11.8 Å². The number of nitrogens with one attached hydrogen (secondary N) is 1. The molecule has 184 valence electrons. The van der Waals surface area contributed by atoms with E-state index in [9.17, 15) is 4.79 Å². The van der Waals surface area contributed by atoms with Crippen LogP contribution in [0.2, 0.25) is 0 Å². The molecule has 4 saturated carbocycles. The molecular formula is C25H33N3O5S. The zero-order valence-electron chi connectivity index (χ0n) is 20.3. The molecule has 6 rings (SSSR count). The number of amides is 1. The highest BCUT2D eigenvalue weighted by molar-refractivity contribution is 7.99. The third-order valence-electron chi connectivity index (χ3n) is 8.03. The lowest BCUT2D eigenvalue weighted by Crippen LogP contribution is -2.56. The van der Waals surface area contributed by atoms with Gasteiger partial charge in [0.05, 0.1) is 27.1 Å². The van der Waals surface area contributed by atoms with E-state index in [2.05, 4.69) is 22.4 Å². The Labute approximate surface area is 204 Å². The molecule has 4 aliphatic carbocycles. The van der Waals surface area contributed by atoms with Gasteiger partial charge in [-0.15, -0.1) is 10.2 Å². The maximum atomic E-state index is 12.8. The largest absolute Gasteiger partial charge is 0.493 e. The molecule has 1 aromatic carbocycles. The summed E-state index contributed by atoms with van der Waals surface area (Å²) in [7, 11) is 4.66. The molecule has 1 aromatic heterocycles. The standard InChI is InChI=1S/C25H33N3O5S/c1-14(25-10-15-5-16(11-25)7-17(6-15)12-25)26-21(29)13-34-24-28-27-23(33-24)18-8-19(30-2)22(32-4)20(9-18)31-3/h8-9,14-17H,5-7,10-13H2,1-4H3,(H,26,29). The number of thioether (sulfide) groups is 1. The molecular weight excluding hydrogens is 454 g/mol. The quantitative estimate of drug-likeness (QED) is 0.514.